The summed E-state index contributed by atoms with van der Waals surface area (Å²) < 4.78 is 16.1. The van der Waals surface area contributed by atoms with Crippen LogP contribution in [0, 0.1) is 5.41 Å². The van der Waals surface area contributed by atoms with Gasteiger partial charge in [-0.2, -0.15) is 0 Å². The third kappa shape index (κ3) is 3.34. The van der Waals surface area contributed by atoms with Crippen molar-refractivity contribution in [2.24, 2.45) is 11.1 Å². The number of nitrogens with zero attached hydrogens (tertiary/aromatic N) is 2. The van der Waals surface area contributed by atoms with E-state index in [0.29, 0.717) is 12.6 Å². The summed E-state index contributed by atoms with van der Waals surface area (Å²) in [6.45, 7) is 13.0. The number of hydrogen-bond donors (Lipinski definition) is 1. The molecule has 0 aromatic rings. The van der Waals surface area contributed by atoms with Gasteiger partial charge in [0, 0.05) is 6.04 Å². The lowest BCUT2D eigenvalue weighted by Gasteiger charge is -2.30. The number of hydrogen-bond acceptors (Lipinski definition) is 4. The lowest BCUT2D eigenvalue weighted by atomic mass is 9.87. The SMILES string of the molecule is CC(C)N1CCN(C[C@@H](N)C(C)(C)C)[S+]1[O-]. The molecule has 1 fully saturated rings. The highest BCUT2D eigenvalue weighted by Gasteiger charge is 2.39. The minimum absolute atomic E-state index is 0.0589. The summed E-state index contributed by atoms with van der Waals surface area (Å²) in [7, 11) is 0. The van der Waals surface area contributed by atoms with Gasteiger partial charge in [0.25, 0.3) is 0 Å². The van der Waals surface area contributed by atoms with Crippen LogP contribution in [0.4, 0.5) is 0 Å². The average molecular weight is 247 g/mol. The maximum atomic E-state index is 12.1. The lowest BCUT2D eigenvalue weighted by molar-refractivity contribution is 0.272. The molecule has 5 heteroatoms. The standard InChI is InChI=1S/C11H25N3OS/c1-9(2)14-7-6-13(16(14)15)8-10(12)11(3,4)5/h9-10H,6-8,12H2,1-5H3/t10-,16?/m1/s1. The molecule has 1 unspecified atom stereocenters. The Morgan fingerprint density at radius 1 is 1.31 bits per heavy atom. The van der Waals surface area contributed by atoms with Crippen LogP contribution in [0.15, 0.2) is 0 Å². The molecular weight excluding hydrogens is 222 g/mol. The van der Waals surface area contributed by atoms with Crippen molar-refractivity contribution in [3.05, 3.63) is 0 Å². The van der Waals surface area contributed by atoms with Crippen molar-refractivity contribution in [2.45, 2.75) is 46.7 Å². The van der Waals surface area contributed by atoms with Crippen LogP contribution in [-0.2, 0) is 11.5 Å². The second kappa shape index (κ2) is 5.23. The Kier molecular flexibility index (Phi) is 4.66. The molecule has 96 valence electrons. The highest BCUT2D eigenvalue weighted by molar-refractivity contribution is 7.87. The molecule has 0 spiro atoms. The molecule has 1 aliphatic rings. The van der Waals surface area contributed by atoms with Gasteiger partial charge in [0.15, 0.2) is 0 Å². The topological polar surface area (TPSA) is 55.6 Å². The van der Waals surface area contributed by atoms with Crippen LogP contribution in [-0.4, -0.2) is 44.9 Å². The van der Waals surface area contributed by atoms with Gasteiger partial charge in [0.2, 0.25) is 0 Å². The van der Waals surface area contributed by atoms with Gasteiger partial charge in [0.05, 0.1) is 25.7 Å². The molecular formula is C11H25N3OS. The van der Waals surface area contributed by atoms with E-state index in [1.165, 1.54) is 0 Å². The first kappa shape index (κ1) is 14.3. The smallest absolute Gasteiger partial charge is 0.140 e. The first-order valence-corrected chi connectivity index (χ1v) is 6.99. The molecule has 1 aliphatic heterocycles. The van der Waals surface area contributed by atoms with Crippen molar-refractivity contribution in [1.29, 1.82) is 0 Å². The molecule has 0 amide bonds. The second-order valence-electron chi connectivity index (χ2n) is 5.83. The highest BCUT2D eigenvalue weighted by atomic mass is 32.2. The minimum atomic E-state index is -0.997. The van der Waals surface area contributed by atoms with Gasteiger partial charge in [-0.1, -0.05) is 20.8 Å². The van der Waals surface area contributed by atoms with Gasteiger partial charge in [0.1, 0.15) is 11.5 Å². The third-order valence-electron chi connectivity index (χ3n) is 3.08. The van der Waals surface area contributed by atoms with Crippen molar-refractivity contribution in [3.8, 4) is 0 Å². The van der Waals surface area contributed by atoms with E-state index in [4.69, 9.17) is 5.73 Å². The van der Waals surface area contributed by atoms with Gasteiger partial charge in [-0.3, -0.25) is 0 Å². The minimum Gasteiger partial charge on any atom is -0.578 e. The fourth-order valence-corrected chi connectivity index (χ4v) is 3.02. The Hall–Kier alpha value is 0.190. The molecule has 1 heterocycles. The van der Waals surface area contributed by atoms with E-state index in [-0.39, 0.29) is 11.5 Å². The van der Waals surface area contributed by atoms with Crippen LogP contribution in [0.2, 0.25) is 0 Å². The van der Waals surface area contributed by atoms with E-state index in [2.05, 4.69) is 34.6 Å². The van der Waals surface area contributed by atoms with Crippen LogP contribution in [0.1, 0.15) is 34.6 Å². The van der Waals surface area contributed by atoms with Gasteiger partial charge >= 0.3 is 0 Å². The average Bonchev–Trinajstić information content (AvgIpc) is 2.46. The van der Waals surface area contributed by atoms with Gasteiger partial charge in [-0.05, 0) is 19.3 Å². The van der Waals surface area contributed by atoms with Crippen molar-refractivity contribution < 1.29 is 4.55 Å². The summed E-state index contributed by atoms with van der Waals surface area (Å²) in [5.41, 5.74) is 6.18. The summed E-state index contributed by atoms with van der Waals surface area (Å²) >= 11 is -0.997. The Labute approximate surface area is 103 Å². The third-order valence-corrected chi connectivity index (χ3v) is 4.86. The monoisotopic (exact) mass is 247 g/mol. The fourth-order valence-electron chi connectivity index (χ4n) is 1.60. The largest absolute Gasteiger partial charge is 0.578 e. The van der Waals surface area contributed by atoms with Gasteiger partial charge in [-0.15, -0.1) is 8.61 Å². The van der Waals surface area contributed by atoms with Crippen LogP contribution in [0.3, 0.4) is 0 Å². The molecule has 1 rings (SSSR count). The van der Waals surface area contributed by atoms with Crippen molar-refractivity contribution in [1.82, 2.24) is 8.61 Å². The second-order valence-corrected chi connectivity index (χ2v) is 7.27. The maximum absolute atomic E-state index is 12.1. The molecule has 0 saturated carbocycles. The number of nitrogens with two attached hydrogens (primary N) is 1. The maximum Gasteiger partial charge on any atom is 0.140 e. The van der Waals surface area contributed by atoms with Gasteiger partial charge in [-0.25, -0.2) is 0 Å². The normalized spacial score (nSPS) is 26.6. The zero-order valence-corrected chi connectivity index (χ0v) is 11.9. The van der Waals surface area contributed by atoms with Crippen LogP contribution < -0.4 is 5.73 Å². The summed E-state index contributed by atoms with van der Waals surface area (Å²) in [5, 5.41) is 0. The zero-order valence-electron chi connectivity index (χ0n) is 11.1. The molecule has 0 aromatic carbocycles. The van der Waals surface area contributed by atoms with E-state index >= 15 is 0 Å². The molecule has 0 aliphatic carbocycles. The van der Waals surface area contributed by atoms with Crippen molar-refractivity contribution in [3.63, 3.8) is 0 Å². The van der Waals surface area contributed by atoms with E-state index in [9.17, 15) is 4.55 Å². The zero-order chi connectivity index (χ0) is 12.5. The van der Waals surface area contributed by atoms with Crippen LogP contribution in [0.25, 0.3) is 0 Å². The molecule has 1 saturated heterocycles. The van der Waals surface area contributed by atoms with E-state index in [0.717, 1.165) is 13.1 Å². The van der Waals surface area contributed by atoms with E-state index < -0.39 is 11.5 Å². The molecule has 0 radical (unpaired) electrons. The Morgan fingerprint density at radius 2 is 1.88 bits per heavy atom. The van der Waals surface area contributed by atoms with Gasteiger partial charge < -0.3 is 10.3 Å². The van der Waals surface area contributed by atoms with Crippen molar-refractivity contribution >= 4 is 11.5 Å². The Morgan fingerprint density at radius 3 is 2.25 bits per heavy atom. The molecule has 2 atom stereocenters. The molecule has 0 bridgehead atoms. The van der Waals surface area contributed by atoms with Crippen LogP contribution >= 0.6 is 0 Å². The predicted molar refractivity (Wildman–Crippen MR) is 69.0 cm³/mol. The summed E-state index contributed by atoms with van der Waals surface area (Å²) in [4.78, 5) is 0. The van der Waals surface area contributed by atoms with E-state index in [1.807, 2.05) is 8.61 Å². The molecule has 16 heavy (non-hydrogen) atoms. The highest BCUT2D eigenvalue weighted by Crippen LogP contribution is 2.23. The Bertz CT molecular complexity index is 230. The first-order valence-electron chi connectivity index (χ1n) is 5.92. The molecule has 2 N–H and O–H groups in total. The van der Waals surface area contributed by atoms with E-state index in [1.54, 1.807) is 0 Å². The summed E-state index contributed by atoms with van der Waals surface area (Å²) in [6.07, 6.45) is 0. The lowest BCUT2D eigenvalue weighted by Crippen LogP contribution is -2.47. The van der Waals surface area contributed by atoms with Crippen LogP contribution in [0.5, 0.6) is 0 Å². The summed E-state index contributed by atoms with van der Waals surface area (Å²) in [5.74, 6) is 0. The predicted octanol–water partition coefficient (Wildman–Crippen LogP) is 0.965. The molecule has 4 nitrogen and oxygen atoms in total. The van der Waals surface area contributed by atoms with Crippen molar-refractivity contribution in [2.75, 3.05) is 19.6 Å². The first-order chi connectivity index (χ1) is 7.23. The quantitative estimate of drug-likeness (QED) is 0.755. The number of rotatable bonds is 3. The molecule has 0 aromatic heterocycles. The summed E-state index contributed by atoms with van der Waals surface area (Å²) in [6, 6.07) is 0.389. The Balaban J connectivity index is 2.52. The fraction of sp³-hybridized carbons (Fsp3) is 1.00.